The Morgan fingerprint density at radius 3 is 2.51 bits per heavy atom. The molecule has 2 aromatic heterocycles. The molecule has 0 aliphatic carbocycles. The van der Waals surface area contributed by atoms with Crippen LogP contribution in [0.2, 0.25) is 0 Å². The van der Waals surface area contributed by atoms with Crippen LogP contribution in [0.1, 0.15) is 19.4 Å². The molecule has 0 atom stereocenters. The van der Waals surface area contributed by atoms with Crippen molar-refractivity contribution in [3.63, 3.8) is 0 Å². The third-order valence-electron chi connectivity index (χ3n) is 6.33. The van der Waals surface area contributed by atoms with Crippen LogP contribution in [0.25, 0.3) is 21.9 Å². The number of anilines is 2. The van der Waals surface area contributed by atoms with Crippen LogP contribution < -0.4 is 20.5 Å². The van der Waals surface area contributed by atoms with Gasteiger partial charge in [-0.25, -0.2) is 4.98 Å². The fourth-order valence-corrected chi connectivity index (χ4v) is 5.09. The molecule has 0 unspecified atom stereocenters. The Morgan fingerprint density at radius 2 is 1.86 bits per heavy atom. The number of hydrogen-bond acceptors (Lipinski definition) is 6. The zero-order valence-corrected chi connectivity index (χ0v) is 21.8. The molecule has 0 saturated heterocycles. The second kappa shape index (κ2) is 10.0. The summed E-state index contributed by atoms with van der Waals surface area (Å²) in [6.45, 7) is 8.10. The number of ether oxygens (including phenoxy) is 1. The smallest absolute Gasteiger partial charge is 0.278 e. The number of benzene rings is 2. The van der Waals surface area contributed by atoms with Crippen molar-refractivity contribution in [2.75, 3.05) is 36.2 Å². The molecule has 9 heteroatoms. The second-order valence-corrected chi connectivity index (χ2v) is 9.35. The maximum atomic E-state index is 13.2. The monoisotopic (exact) mass is 493 g/mol. The first-order chi connectivity index (χ1) is 16.8. The number of methoxy groups -OCH3 is 1. The summed E-state index contributed by atoms with van der Waals surface area (Å²) in [6.07, 6.45) is 0. The predicted octanol–water partition coefficient (Wildman–Crippen LogP) is 4.32. The number of nitrogens with one attached hydrogen (secondary N) is 1. The average Bonchev–Trinajstić information content (AvgIpc) is 3.13. The fourth-order valence-electron chi connectivity index (χ4n) is 4.32. The Bertz CT molecular complexity index is 1470. The van der Waals surface area contributed by atoms with Crippen LogP contribution in [0.15, 0.2) is 46.3 Å². The summed E-state index contributed by atoms with van der Waals surface area (Å²) in [7, 11) is 5.15. The van der Waals surface area contributed by atoms with Gasteiger partial charge in [0.25, 0.3) is 5.56 Å². The highest BCUT2D eigenvalue weighted by molar-refractivity contribution is 7.99. The number of amides is 1. The van der Waals surface area contributed by atoms with Crippen LogP contribution in [-0.2, 0) is 18.9 Å². The maximum Gasteiger partial charge on any atom is 0.278 e. The van der Waals surface area contributed by atoms with E-state index in [2.05, 4.69) is 30.1 Å². The van der Waals surface area contributed by atoms with Gasteiger partial charge in [0.05, 0.1) is 18.4 Å². The lowest BCUT2D eigenvalue weighted by molar-refractivity contribution is -0.113. The van der Waals surface area contributed by atoms with Gasteiger partial charge in [-0.2, -0.15) is 0 Å². The fraction of sp³-hybridized carbons (Fsp3) is 0.346. The molecule has 1 amide bonds. The molecular weight excluding hydrogens is 462 g/mol. The second-order valence-electron chi connectivity index (χ2n) is 8.41. The normalized spacial score (nSPS) is 11.3. The number of thioether (sulfide) groups is 1. The third kappa shape index (κ3) is 4.60. The van der Waals surface area contributed by atoms with E-state index in [9.17, 15) is 9.59 Å². The lowest BCUT2D eigenvalue weighted by Crippen LogP contribution is -2.23. The van der Waals surface area contributed by atoms with Gasteiger partial charge in [0.2, 0.25) is 5.91 Å². The summed E-state index contributed by atoms with van der Waals surface area (Å²) in [5, 5.41) is 4.32. The minimum atomic E-state index is -0.154. The molecule has 2 heterocycles. The van der Waals surface area contributed by atoms with E-state index in [1.165, 1.54) is 16.3 Å². The van der Waals surface area contributed by atoms with Gasteiger partial charge in [-0.1, -0.05) is 11.8 Å². The van der Waals surface area contributed by atoms with Crippen molar-refractivity contribution in [3.05, 3.63) is 52.3 Å². The van der Waals surface area contributed by atoms with Crippen LogP contribution in [-0.4, -0.2) is 46.0 Å². The first-order valence-electron chi connectivity index (χ1n) is 11.6. The number of aromatic nitrogens is 3. The Labute approximate surface area is 208 Å². The topological polar surface area (TPSA) is 81.4 Å². The number of aryl methyl sites for hydroxylation is 2. The van der Waals surface area contributed by atoms with E-state index in [1.807, 2.05) is 48.9 Å². The Kier molecular flexibility index (Phi) is 7.07. The lowest BCUT2D eigenvalue weighted by atomic mass is 10.1. The van der Waals surface area contributed by atoms with Gasteiger partial charge >= 0.3 is 0 Å². The van der Waals surface area contributed by atoms with E-state index < -0.39 is 0 Å². The maximum absolute atomic E-state index is 13.2. The number of carbonyl (C=O) groups is 1. The predicted molar refractivity (Wildman–Crippen MR) is 144 cm³/mol. The summed E-state index contributed by atoms with van der Waals surface area (Å²) in [4.78, 5) is 32.9. The van der Waals surface area contributed by atoms with Gasteiger partial charge in [-0.15, -0.1) is 0 Å². The number of nitrogens with zero attached hydrogens (tertiary/aromatic N) is 4. The van der Waals surface area contributed by atoms with Crippen LogP contribution in [0, 0.1) is 6.92 Å². The molecule has 184 valence electrons. The largest absolute Gasteiger partial charge is 0.497 e. The molecule has 4 aromatic rings. The van der Waals surface area contributed by atoms with Crippen LogP contribution in [0.4, 0.5) is 11.4 Å². The van der Waals surface area contributed by atoms with E-state index >= 15 is 0 Å². The lowest BCUT2D eigenvalue weighted by Gasteiger charge is -2.22. The first kappa shape index (κ1) is 24.7. The Morgan fingerprint density at radius 1 is 1.11 bits per heavy atom. The van der Waals surface area contributed by atoms with Crippen LogP contribution >= 0.6 is 11.8 Å². The van der Waals surface area contributed by atoms with Gasteiger partial charge in [-0.05, 0) is 62.7 Å². The molecule has 0 spiro atoms. The average molecular weight is 494 g/mol. The Hall–Kier alpha value is -3.46. The summed E-state index contributed by atoms with van der Waals surface area (Å²) in [5.41, 5.74) is 4.80. The van der Waals surface area contributed by atoms with E-state index in [-0.39, 0.29) is 17.2 Å². The van der Waals surface area contributed by atoms with Crippen molar-refractivity contribution in [3.8, 4) is 5.75 Å². The molecule has 0 fully saturated rings. The van der Waals surface area contributed by atoms with Crippen molar-refractivity contribution in [2.24, 2.45) is 14.1 Å². The molecule has 1 N–H and O–H groups in total. The molecule has 0 saturated carbocycles. The molecule has 0 aliphatic heterocycles. The van der Waals surface area contributed by atoms with Crippen molar-refractivity contribution in [1.82, 2.24) is 14.1 Å². The standard InChI is InChI=1S/C26H31N5O3S/c1-7-31(8-2)17-9-11-20(16(3)13-17)27-22(32)15-35-26-28-23-19-14-18(34-6)10-12-21(19)29(4)24(23)25(33)30(26)5/h9-14H,7-8,15H2,1-6H3,(H,27,32). The molecule has 0 bridgehead atoms. The molecule has 35 heavy (non-hydrogen) atoms. The molecule has 4 rings (SSSR count). The third-order valence-corrected chi connectivity index (χ3v) is 7.36. The minimum absolute atomic E-state index is 0.136. The number of fused-ring (bicyclic) bond motifs is 3. The van der Waals surface area contributed by atoms with Crippen molar-refractivity contribution in [1.29, 1.82) is 0 Å². The van der Waals surface area contributed by atoms with Gasteiger partial charge in [0.1, 0.15) is 16.8 Å². The summed E-state index contributed by atoms with van der Waals surface area (Å²) < 4.78 is 8.71. The molecule has 2 aromatic carbocycles. The van der Waals surface area contributed by atoms with E-state index in [0.717, 1.165) is 40.9 Å². The van der Waals surface area contributed by atoms with Gasteiger partial charge in [0, 0.05) is 43.9 Å². The van der Waals surface area contributed by atoms with Crippen molar-refractivity contribution < 1.29 is 9.53 Å². The molecule has 8 nitrogen and oxygen atoms in total. The van der Waals surface area contributed by atoms with Crippen molar-refractivity contribution in [2.45, 2.75) is 25.9 Å². The van der Waals surface area contributed by atoms with Gasteiger partial charge in [-0.3, -0.25) is 14.2 Å². The van der Waals surface area contributed by atoms with E-state index in [4.69, 9.17) is 9.72 Å². The number of carbonyl (C=O) groups excluding carboxylic acids is 1. The zero-order valence-electron chi connectivity index (χ0n) is 21.0. The summed E-state index contributed by atoms with van der Waals surface area (Å²) in [6, 6.07) is 11.7. The molecule has 0 aliphatic rings. The number of hydrogen-bond donors (Lipinski definition) is 1. The van der Waals surface area contributed by atoms with Crippen LogP contribution in [0.5, 0.6) is 5.75 Å². The van der Waals surface area contributed by atoms with E-state index in [0.29, 0.717) is 21.9 Å². The highest BCUT2D eigenvalue weighted by atomic mass is 32.2. The zero-order chi connectivity index (χ0) is 25.3. The quantitative estimate of drug-likeness (QED) is 0.291. The highest BCUT2D eigenvalue weighted by Crippen LogP contribution is 2.30. The van der Waals surface area contributed by atoms with Crippen molar-refractivity contribution >= 4 is 51.0 Å². The number of rotatable bonds is 8. The molecule has 0 radical (unpaired) electrons. The summed E-state index contributed by atoms with van der Waals surface area (Å²) >= 11 is 1.24. The van der Waals surface area contributed by atoms with Gasteiger partial charge in [0.15, 0.2) is 5.16 Å². The molecular formula is C26H31N5O3S. The SMILES string of the molecule is CCN(CC)c1ccc(NC(=O)CSc2nc3c4cc(OC)ccc4n(C)c3c(=O)n2C)c(C)c1. The Balaban J connectivity index is 1.57. The minimum Gasteiger partial charge on any atom is -0.497 e. The summed E-state index contributed by atoms with van der Waals surface area (Å²) in [5.74, 6) is 0.683. The highest BCUT2D eigenvalue weighted by Gasteiger charge is 2.18. The van der Waals surface area contributed by atoms with Crippen LogP contribution in [0.3, 0.4) is 0 Å². The first-order valence-corrected chi connectivity index (χ1v) is 12.6. The van der Waals surface area contributed by atoms with Gasteiger partial charge < -0.3 is 19.5 Å². The van der Waals surface area contributed by atoms with E-state index in [1.54, 1.807) is 14.2 Å².